The van der Waals surface area contributed by atoms with Gasteiger partial charge in [-0.25, -0.2) is 0 Å². The Hall–Kier alpha value is -2.04. The van der Waals surface area contributed by atoms with Crippen molar-refractivity contribution in [1.29, 1.82) is 0 Å². The SMILES string of the molecule is CN1CCc2cc3c(c4c2[C@@H]1[C@@H](O)c1ccccc1-4)OCO3. The lowest BCUT2D eigenvalue weighted by Crippen LogP contribution is -2.38. The molecule has 0 amide bonds. The van der Waals surface area contributed by atoms with Gasteiger partial charge in [-0.1, -0.05) is 24.3 Å². The first-order valence-electron chi connectivity index (χ1n) is 7.68. The molecule has 0 unspecified atom stereocenters. The van der Waals surface area contributed by atoms with Crippen LogP contribution in [0.2, 0.25) is 0 Å². The van der Waals surface area contributed by atoms with Crippen molar-refractivity contribution in [1.82, 2.24) is 4.90 Å². The maximum absolute atomic E-state index is 10.9. The van der Waals surface area contributed by atoms with Gasteiger partial charge in [0.05, 0.1) is 12.1 Å². The molecule has 2 aromatic carbocycles. The molecule has 2 aromatic rings. The van der Waals surface area contributed by atoms with Gasteiger partial charge in [-0.05, 0) is 41.8 Å². The molecule has 112 valence electrons. The number of nitrogens with zero attached hydrogens (tertiary/aromatic N) is 1. The fourth-order valence-electron chi connectivity index (χ4n) is 4.13. The number of likely N-dealkylation sites (N-methyl/N-ethyl adjacent to an activating group) is 1. The van der Waals surface area contributed by atoms with Crippen molar-refractivity contribution >= 4 is 0 Å². The Bertz CT molecular complexity index is 786. The van der Waals surface area contributed by atoms with Crippen molar-refractivity contribution in [3.63, 3.8) is 0 Å². The third-order valence-corrected chi connectivity index (χ3v) is 5.14. The Kier molecular flexibility index (Phi) is 2.41. The van der Waals surface area contributed by atoms with Crippen LogP contribution in [0, 0.1) is 0 Å². The summed E-state index contributed by atoms with van der Waals surface area (Å²) in [7, 11) is 2.08. The summed E-state index contributed by atoms with van der Waals surface area (Å²) in [5, 5.41) is 10.9. The minimum Gasteiger partial charge on any atom is -0.454 e. The average molecular weight is 295 g/mol. The molecule has 1 aliphatic carbocycles. The molecule has 4 heteroatoms. The van der Waals surface area contributed by atoms with Gasteiger partial charge in [0.15, 0.2) is 11.5 Å². The Morgan fingerprint density at radius 1 is 1.23 bits per heavy atom. The minimum atomic E-state index is -0.506. The van der Waals surface area contributed by atoms with Gasteiger partial charge in [0.2, 0.25) is 6.79 Å². The summed E-state index contributed by atoms with van der Waals surface area (Å²) < 4.78 is 11.4. The zero-order valence-corrected chi connectivity index (χ0v) is 12.4. The Labute approximate surface area is 128 Å². The van der Waals surface area contributed by atoms with Crippen LogP contribution >= 0.6 is 0 Å². The molecule has 4 nitrogen and oxygen atoms in total. The Morgan fingerprint density at radius 3 is 3.00 bits per heavy atom. The monoisotopic (exact) mass is 295 g/mol. The number of hydrogen-bond donors (Lipinski definition) is 1. The first kappa shape index (κ1) is 12.5. The second-order valence-electron chi connectivity index (χ2n) is 6.27. The van der Waals surface area contributed by atoms with Crippen LogP contribution in [-0.2, 0) is 6.42 Å². The predicted molar refractivity (Wildman–Crippen MR) is 82.0 cm³/mol. The molecule has 0 fully saturated rings. The lowest BCUT2D eigenvalue weighted by molar-refractivity contribution is 0.0543. The van der Waals surface area contributed by atoms with Crippen LogP contribution in [0.4, 0.5) is 0 Å². The van der Waals surface area contributed by atoms with Crippen LogP contribution in [-0.4, -0.2) is 30.4 Å². The van der Waals surface area contributed by atoms with E-state index in [4.69, 9.17) is 9.47 Å². The fraction of sp³-hybridized carbons (Fsp3) is 0.333. The first-order valence-corrected chi connectivity index (χ1v) is 7.68. The largest absolute Gasteiger partial charge is 0.454 e. The number of aliphatic hydroxyl groups excluding tert-OH is 1. The molecule has 22 heavy (non-hydrogen) atoms. The molecule has 0 saturated heterocycles. The van der Waals surface area contributed by atoms with Crippen molar-refractivity contribution in [2.24, 2.45) is 0 Å². The molecule has 0 bridgehead atoms. The van der Waals surface area contributed by atoms with E-state index in [0.717, 1.165) is 41.2 Å². The summed E-state index contributed by atoms with van der Waals surface area (Å²) in [6, 6.07) is 10.2. The van der Waals surface area contributed by atoms with Gasteiger partial charge in [-0.2, -0.15) is 0 Å². The summed E-state index contributed by atoms with van der Waals surface area (Å²) in [6.07, 6.45) is 0.467. The van der Waals surface area contributed by atoms with Gasteiger partial charge in [-0.15, -0.1) is 0 Å². The van der Waals surface area contributed by atoms with E-state index >= 15 is 0 Å². The standard InChI is InChI=1S/C18H17NO3/c1-19-7-6-10-8-13-18(22-9-21-13)15-11-4-2-3-5-12(11)17(20)16(19)14(10)15/h2-5,8,16-17,20H,6-7,9H2,1H3/t16-,17+/m1/s1. The molecule has 0 saturated carbocycles. The van der Waals surface area contributed by atoms with Crippen molar-refractivity contribution in [2.45, 2.75) is 18.6 Å². The molecule has 3 aliphatic rings. The van der Waals surface area contributed by atoms with Gasteiger partial charge in [0.1, 0.15) is 0 Å². The molecule has 2 aliphatic heterocycles. The maximum Gasteiger partial charge on any atom is 0.231 e. The molecule has 2 atom stereocenters. The Balaban J connectivity index is 1.91. The summed E-state index contributed by atoms with van der Waals surface area (Å²) in [5.74, 6) is 1.67. The van der Waals surface area contributed by atoms with Crippen LogP contribution in [0.3, 0.4) is 0 Å². The zero-order chi connectivity index (χ0) is 14.8. The van der Waals surface area contributed by atoms with E-state index in [-0.39, 0.29) is 12.8 Å². The normalized spacial score (nSPS) is 24.8. The fourth-order valence-corrected chi connectivity index (χ4v) is 4.13. The highest BCUT2D eigenvalue weighted by Crippen LogP contribution is 2.56. The summed E-state index contributed by atoms with van der Waals surface area (Å²) in [4.78, 5) is 2.24. The second-order valence-corrected chi connectivity index (χ2v) is 6.27. The summed E-state index contributed by atoms with van der Waals surface area (Å²) >= 11 is 0. The average Bonchev–Trinajstić information content (AvgIpc) is 3.00. The molecule has 2 heterocycles. The van der Waals surface area contributed by atoms with Crippen molar-refractivity contribution < 1.29 is 14.6 Å². The quantitative estimate of drug-likeness (QED) is 0.811. The Morgan fingerprint density at radius 2 is 2.09 bits per heavy atom. The highest BCUT2D eigenvalue weighted by Gasteiger charge is 2.42. The third kappa shape index (κ3) is 1.44. The smallest absolute Gasteiger partial charge is 0.231 e. The van der Waals surface area contributed by atoms with Crippen LogP contribution in [0.25, 0.3) is 11.1 Å². The van der Waals surface area contributed by atoms with E-state index in [9.17, 15) is 5.11 Å². The second kappa shape index (κ2) is 4.24. The van der Waals surface area contributed by atoms with E-state index in [1.807, 2.05) is 18.2 Å². The molecular weight excluding hydrogens is 278 g/mol. The van der Waals surface area contributed by atoms with E-state index in [2.05, 4.69) is 24.1 Å². The number of benzene rings is 2. The van der Waals surface area contributed by atoms with Crippen molar-refractivity contribution in [2.75, 3.05) is 20.4 Å². The van der Waals surface area contributed by atoms with Crippen LogP contribution < -0.4 is 9.47 Å². The first-order chi connectivity index (χ1) is 10.8. The van der Waals surface area contributed by atoms with Gasteiger partial charge < -0.3 is 14.6 Å². The number of rotatable bonds is 0. The van der Waals surface area contributed by atoms with Crippen molar-refractivity contribution in [3.05, 3.63) is 47.0 Å². The molecule has 0 radical (unpaired) electrons. The van der Waals surface area contributed by atoms with E-state index in [0.29, 0.717) is 0 Å². The van der Waals surface area contributed by atoms with E-state index in [1.165, 1.54) is 11.1 Å². The van der Waals surface area contributed by atoms with Gasteiger partial charge in [-0.3, -0.25) is 4.90 Å². The van der Waals surface area contributed by atoms with Crippen molar-refractivity contribution in [3.8, 4) is 22.6 Å². The van der Waals surface area contributed by atoms with Crippen LogP contribution in [0.5, 0.6) is 11.5 Å². The summed E-state index contributed by atoms with van der Waals surface area (Å²) in [6.45, 7) is 1.21. The highest BCUT2D eigenvalue weighted by molar-refractivity contribution is 5.84. The molecule has 0 spiro atoms. The zero-order valence-electron chi connectivity index (χ0n) is 12.4. The number of hydrogen-bond acceptors (Lipinski definition) is 4. The molecule has 0 aromatic heterocycles. The third-order valence-electron chi connectivity index (χ3n) is 5.14. The van der Waals surface area contributed by atoms with E-state index < -0.39 is 6.10 Å². The molecule has 1 N–H and O–H groups in total. The predicted octanol–water partition coefficient (Wildman–Crippen LogP) is 2.66. The molecular formula is C18H17NO3. The number of aliphatic hydroxyl groups is 1. The highest BCUT2D eigenvalue weighted by atomic mass is 16.7. The van der Waals surface area contributed by atoms with Crippen LogP contribution in [0.1, 0.15) is 28.8 Å². The number of fused-ring (bicyclic) bond motifs is 4. The molecule has 5 rings (SSSR count). The lowest BCUT2D eigenvalue weighted by Gasteiger charge is -2.42. The van der Waals surface area contributed by atoms with Gasteiger partial charge >= 0.3 is 0 Å². The number of ether oxygens (including phenoxy) is 2. The van der Waals surface area contributed by atoms with Gasteiger partial charge in [0, 0.05) is 12.1 Å². The summed E-state index contributed by atoms with van der Waals surface area (Å²) in [5.41, 5.74) is 5.64. The topological polar surface area (TPSA) is 41.9 Å². The lowest BCUT2D eigenvalue weighted by atomic mass is 9.75. The minimum absolute atomic E-state index is 0.0110. The maximum atomic E-state index is 10.9. The van der Waals surface area contributed by atoms with Crippen LogP contribution in [0.15, 0.2) is 30.3 Å². The van der Waals surface area contributed by atoms with Gasteiger partial charge in [0.25, 0.3) is 0 Å². The van der Waals surface area contributed by atoms with E-state index in [1.54, 1.807) is 0 Å².